The van der Waals surface area contributed by atoms with Gasteiger partial charge in [0.25, 0.3) is 0 Å². The highest BCUT2D eigenvalue weighted by Gasteiger charge is 2.46. The molecule has 0 aromatic heterocycles. The number of nitrogens with two attached hydrogens (primary N) is 1. The molecule has 1 aromatic carbocycles. The minimum atomic E-state index is -4.59. The summed E-state index contributed by atoms with van der Waals surface area (Å²) >= 11 is 0. The number of nitrogens with zero attached hydrogens (tertiary/aromatic N) is 1. The zero-order valence-electron chi connectivity index (χ0n) is 16.9. The molecule has 10 heteroatoms. The topological polar surface area (TPSA) is 108 Å². The van der Waals surface area contributed by atoms with Crippen molar-refractivity contribution in [1.82, 2.24) is 5.32 Å². The maximum absolute atomic E-state index is 14.7. The van der Waals surface area contributed by atoms with Gasteiger partial charge in [-0.05, 0) is 68.1 Å². The largest absolute Gasteiger partial charge is 0.405 e. The molecule has 6 nitrogen and oxygen atoms in total. The van der Waals surface area contributed by atoms with Crippen LogP contribution in [0.25, 0.3) is 0 Å². The molecule has 2 atom stereocenters. The molecule has 4 N–H and O–H groups in total. The third-order valence-electron chi connectivity index (χ3n) is 5.89. The van der Waals surface area contributed by atoms with E-state index in [9.17, 15) is 32.4 Å². The van der Waals surface area contributed by atoms with Crippen molar-refractivity contribution in [2.75, 3.05) is 11.9 Å². The summed E-state index contributed by atoms with van der Waals surface area (Å²) < 4.78 is 51.6. The first kappa shape index (κ1) is 23.0. The van der Waals surface area contributed by atoms with Gasteiger partial charge >= 0.3 is 6.18 Å². The van der Waals surface area contributed by atoms with Crippen LogP contribution in [0.2, 0.25) is 0 Å². The smallest absolute Gasteiger partial charge is 0.346 e. The fourth-order valence-corrected chi connectivity index (χ4v) is 3.95. The molecule has 0 radical (unpaired) electrons. The maximum atomic E-state index is 14.7. The fraction of sp³-hybridized carbons (Fsp3) is 0.571. The molecule has 0 spiro atoms. The lowest BCUT2D eigenvalue weighted by atomic mass is 9.89. The van der Waals surface area contributed by atoms with Gasteiger partial charge in [0.2, 0.25) is 11.8 Å². The number of hydrogen-bond acceptors (Lipinski definition) is 4. The van der Waals surface area contributed by atoms with E-state index in [4.69, 9.17) is 5.73 Å². The summed E-state index contributed by atoms with van der Waals surface area (Å²) in [6.07, 6.45) is -0.489. The lowest BCUT2D eigenvalue weighted by molar-refractivity contribution is -0.139. The van der Waals surface area contributed by atoms with Crippen LogP contribution in [0, 0.1) is 34.9 Å². The van der Waals surface area contributed by atoms with E-state index in [2.05, 4.69) is 5.32 Å². The highest BCUT2D eigenvalue weighted by Crippen LogP contribution is 2.50. The van der Waals surface area contributed by atoms with E-state index in [1.165, 1.54) is 6.92 Å². The summed E-state index contributed by atoms with van der Waals surface area (Å²) in [5.74, 6) is -2.78. The van der Waals surface area contributed by atoms with Gasteiger partial charge in [0, 0.05) is 0 Å². The third kappa shape index (κ3) is 5.73. The molecular formula is C21H24F4N4O2. The van der Waals surface area contributed by atoms with E-state index in [-0.39, 0.29) is 22.7 Å². The summed E-state index contributed by atoms with van der Waals surface area (Å²) in [6, 6.07) is 2.97. The Balaban J connectivity index is 1.73. The van der Waals surface area contributed by atoms with Gasteiger partial charge < -0.3 is 16.4 Å². The van der Waals surface area contributed by atoms with Crippen molar-refractivity contribution < 1.29 is 27.2 Å². The summed E-state index contributed by atoms with van der Waals surface area (Å²) in [6.45, 7) is -0.263. The molecule has 2 aliphatic rings. The number of nitriles is 1. The zero-order valence-corrected chi connectivity index (χ0v) is 16.9. The van der Waals surface area contributed by atoms with Crippen LogP contribution < -0.4 is 16.4 Å². The van der Waals surface area contributed by atoms with Gasteiger partial charge in [-0.2, -0.15) is 18.4 Å². The normalized spacial score (nSPS) is 18.3. The van der Waals surface area contributed by atoms with Gasteiger partial charge in [0.1, 0.15) is 12.4 Å². The second kappa shape index (κ2) is 8.83. The molecular weight excluding hydrogens is 416 g/mol. The van der Waals surface area contributed by atoms with E-state index >= 15 is 0 Å². The molecule has 0 heterocycles. The average Bonchev–Trinajstić information content (AvgIpc) is 3.61. The van der Waals surface area contributed by atoms with Crippen LogP contribution in [0.4, 0.5) is 23.2 Å². The highest BCUT2D eigenvalue weighted by molar-refractivity contribution is 5.95. The van der Waals surface area contributed by atoms with Gasteiger partial charge in [-0.3, -0.25) is 9.59 Å². The number of halogens is 4. The van der Waals surface area contributed by atoms with Crippen LogP contribution in [0.3, 0.4) is 0 Å². The highest BCUT2D eigenvalue weighted by atomic mass is 19.4. The minimum Gasteiger partial charge on any atom is -0.346 e. The first-order valence-electron chi connectivity index (χ1n) is 10.2. The Morgan fingerprint density at radius 1 is 1.19 bits per heavy atom. The Labute approximate surface area is 177 Å². The van der Waals surface area contributed by atoms with Gasteiger partial charge in [0.05, 0.1) is 29.3 Å². The van der Waals surface area contributed by atoms with Crippen molar-refractivity contribution in [3.63, 3.8) is 0 Å². The van der Waals surface area contributed by atoms with Gasteiger partial charge in [-0.1, -0.05) is 0 Å². The van der Waals surface area contributed by atoms with E-state index in [0.717, 1.165) is 37.8 Å². The van der Waals surface area contributed by atoms with E-state index in [1.54, 1.807) is 11.4 Å². The van der Waals surface area contributed by atoms with Crippen molar-refractivity contribution in [2.24, 2.45) is 23.5 Å². The van der Waals surface area contributed by atoms with Crippen LogP contribution in [-0.4, -0.2) is 30.6 Å². The van der Waals surface area contributed by atoms with Crippen molar-refractivity contribution in [2.45, 2.75) is 50.7 Å². The third-order valence-corrected chi connectivity index (χ3v) is 5.89. The van der Waals surface area contributed by atoms with Crippen molar-refractivity contribution >= 4 is 17.5 Å². The summed E-state index contributed by atoms with van der Waals surface area (Å²) in [7, 11) is 0. The van der Waals surface area contributed by atoms with Crippen molar-refractivity contribution in [3.8, 4) is 6.07 Å². The fourth-order valence-electron chi connectivity index (χ4n) is 3.95. The second-order valence-electron chi connectivity index (χ2n) is 8.35. The zero-order chi connectivity index (χ0) is 22.9. The standard InChI is InChI=1S/C21H24F4N4O2/c1-10(19(30)28-9-21(23,24)25)14-7-15(22)16(6-13(14)8-26)29-20(31)18(27)17(11-2-3-11)12-4-5-12/h6-7,10-12,17-18H,2-5,9,27H2,1H3,(H,28,30)(H,29,31)/t10?,18-/m0/s1. The molecule has 31 heavy (non-hydrogen) atoms. The maximum Gasteiger partial charge on any atom is 0.405 e. The number of alkyl halides is 3. The van der Waals surface area contributed by atoms with E-state index < -0.39 is 42.3 Å². The number of carbonyl (C=O) groups is 2. The second-order valence-corrected chi connectivity index (χ2v) is 8.35. The molecule has 3 rings (SSSR count). The van der Waals surface area contributed by atoms with Gasteiger partial charge in [-0.15, -0.1) is 0 Å². The monoisotopic (exact) mass is 440 g/mol. The molecule has 0 saturated heterocycles. The molecule has 2 aliphatic carbocycles. The molecule has 2 saturated carbocycles. The Morgan fingerprint density at radius 3 is 2.26 bits per heavy atom. The van der Waals surface area contributed by atoms with Gasteiger partial charge in [-0.25, -0.2) is 4.39 Å². The minimum absolute atomic E-state index is 0.0510. The number of benzene rings is 1. The Kier molecular flexibility index (Phi) is 6.55. The first-order chi connectivity index (χ1) is 14.5. The lowest BCUT2D eigenvalue weighted by Crippen LogP contribution is -2.44. The summed E-state index contributed by atoms with van der Waals surface area (Å²) in [5, 5.41) is 13.5. The Hall–Kier alpha value is -2.67. The van der Waals surface area contributed by atoms with Crippen molar-refractivity contribution in [1.29, 1.82) is 5.26 Å². The molecule has 1 unspecified atom stereocenters. The number of amides is 2. The van der Waals surface area contributed by atoms with Crippen LogP contribution in [0.5, 0.6) is 0 Å². The molecule has 2 amide bonds. The van der Waals surface area contributed by atoms with E-state index in [0.29, 0.717) is 11.8 Å². The van der Waals surface area contributed by atoms with Crippen LogP contribution in [-0.2, 0) is 9.59 Å². The Morgan fingerprint density at radius 2 is 1.77 bits per heavy atom. The summed E-state index contributed by atoms with van der Waals surface area (Å²) in [4.78, 5) is 24.6. The average molecular weight is 440 g/mol. The molecule has 2 fully saturated rings. The van der Waals surface area contributed by atoms with Gasteiger partial charge in [0.15, 0.2) is 0 Å². The Bertz CT molecular complexity index is 892. The SMILES string of the molecule is CC(C(=O)NCC(F)(F)F)c1cc(F)c(NC(=O)[C@@H](N)C(C2CC2)C2CC2)cc1C#N. The van der Waals surface area contributed by atoms with Crippen LogP contribution >= 0.6 is 0 Å². The summed E-state index contributed by atoms with van der Waals surface area (Å²) in [5.41, 5.74) is 5.70. The number of carbonyl (C=O) groups excluding carboxylic acids is 2. The molecule has 0 aliphatic heterocycles. The molecule has 0 bridgehead atoms. The van der Waals surface area contributed by atoms with Crippen LogP contribution in [0.1, 0.15) is 49.7 Å². The van der Waals surface area contributed by atoms with Crippen molar-refractivity contribution in [3.05, 3.63) is 29.1 Å². The number of nitrogens with one attached hydrogen (secondary N) is 2. The van der Waals surface area contributed by atoms with Crippen LogP contribution in [0.15, 0.2) is 12.1 Å². The number of hydrogen-bond donors (Lipinski definition) is 3. The van der Waals surface area contributed by atoms with E-state index in [1.807, 2.05) is 0 Å². The lowest BCUT2D eigenvalue weighted by Gasteiger charge is -2.23. The predicted octanol–water partition coefficient (Wildman–Crippen LogP) is 3.18. The first-order valence-corrected chi connectivity index (χ1v) is 10.2. The molecule has 1 aromatic rings. The molecule has 168 valence electrons. The number of rotatable bonds is 8. The quantitative estimate of drug-likeness (QED) is 0.540. The number of anilines is 1. The predicted molar refractivity (Wildman–Crippen MR) is 104 cm³/mol.